The van der Waals surface area contributed by atoms with E-state index < -0.39 is 68.5 Å². The largest absolute Gasteiger partial charge is 0.487 e. The summed E-state index contributed by atoms with van der Waals surface area (Å²) in [5, 5.41) is 0. The number of rotatable bonds is 8. The van der Waals surface area contributed by atoms with Gasteiger partial charge in [-0.05, 0) is 94.7 Å². The summed E-state index contributed by atoms with van der Waals surface area (Å²) in [6.45, 7) is 1.30. The first-order chi connectivity index (χ1) is 18.1. The van der Waals surface area contributed by atoms with Crippen LogP contribution in [0.5, 0.6) is 5.75 Å². The SMILES string of the molecule is CC1(Oc2cc(C(=O)OC34CC5CC(C3)CC(C(=O)OCCS(=O)(=O)O)(C5)C4)ccc2C(F)(F)F)CCCC1. The Morgan fingerprint density at radius 2 is 1.72 bits per heavy atom. The molecule has 2 unspecified atom stereocenters. The highest BCUT2D eigenvalue weighted by Gasteiger charge is 2.63. The maximum absolute atomic E-state index is 13.8. The molecule has 0 spiro atoms. The van der Waals surface area contributed by atoms with Gasteiger partial charge in [-0.25, -0.2) is 4.79 Å². The fraction of sp³-hybridized carbons (Fsp3) is 0.704. The number of benzene rings is 1. The van der Waals surface area contributed by atoms with Gasteiger partial charge in [0.05, 0.1) is 16.5 Å². The van der Waals surface area contributed by atoms with E-state index in [0.717, 1.165) is 37.5 Å². The lowest BCUT2D eigenvalue weighted by Gasteiger charge is -2.59. The summed E-state index contributed by atoms with van der Waals surface area (Å²) in [6.07, 6.45) is 1.50. The van der Waals surface area contributed by atoms with Crippen LogP contribution < -0.4 is 4.74 Å². The molecule has 1 aromatic rings. The van der Waals surface area contributed by atoms with Gasteiger partial charge in [-0.15, -0.1) is 0 Å². The van der Waals surface area contributed by atoms with E-state index in [4.69, 9.17) is 18.8 Å². The minimum Gasteiger partial charge on any atom is -0.487 e. The van der Waals surface area contributed by atoms with Crippen LogP contribution >= 0.6 is 0 Å². The third-order valence-corrected chi connectivity index (χ3v) is 9.55. The van der Waals surface area contributed by atoms with Crippen molar-refractivity contribution in [3.63, 3.8) is 0 Å². The number of halogens is 3. The van der Waals surface area contributed by atoms with Crippen LogP contribution in [0.25, 0.3) is 0 Å². The van der Waals surface area contributed by atoms with Crippen molar-refractivity contribution in [3.8, 4) is 5.75 Å². The van der Waals surface area contributed by atoms with Crippen molar-refractivity contribution in [2.24, 2.45) is 17.3 Å². The Morgan fingerprint density at radius 1 is 1.08 bits per heavy atom. The first kappa shape index (κ1) is 28.2. The van der Waals surface area contributed by atoms with Crippen molar-refractivity contribution in [3.05, 3.63) is 29.3 Å². The molecule has 2 atom stereocenters. The zero-order valence-corrected chi connectivity index (χ0v) is 22.5. The molecule has 5 aliphatic rings. The number of hydrogen-bond donors (Lipinski definition) is 1. The molecule has 0 aliphatic heterocycles. The summed E-state index contributed by atoms with van der Waals surface area (Å²) < 4.78 is 89.3. The molecular formula is C27H33F3O8S. The number of hydrogen-bond acceptors (Lipinski definition) is 7. The molecule has 0 saturated heterocycles. The molecule has 4 bridgehead atoms. The van der Waals surface area contributed by atoms with Gasteiger partial charge in [0.1, 0.15) is 29.3 Å². The van der Waals surface area contributed by atoms with Crippen molar-refractivity contribution in [2.75, 3.05) is 12.4 Å². The van der Waals surface area contributed by atoms with Crippen molar-refractivity contribution in [2.45, 2.75) is 88.5 Å². The Hall–Kier alpha value is -2.34. The van der Waals surface area contributed by atoms with E-state index in [2.05, 4.69) is 0 Å². The van der Waals surface area contributed by atoms with Gasteiger partial charge in [0, 0.05) is 6.42 Å². The van der Waals surface area contributed by atoms with Gasteiger partial charge in [-0.3, -0.25) is 9.35 Å². The first-order valence-electron chi connectivity index (χ1n) is 13.4. The summed E-state index contributed by atoms with van der Waals surface area (Å²) in [5.74, 6) is -2.26. The highest BCUT2D eigenvalue weighted by molar-refractivity contribution is 7.85. The van der Waals surface area contributed by atoms with E-state index in [1.54, 1.807) is 6.92 Å². The van der Waals surface area contributed by atoms with E-state index in [9.17, 15) is 31.2 Å². The molecular weight excluding hydrogens is 541 g/mol. The molecule has 5 saturated carbocycles. The fourth-order valence-electron chi connectivity index (χ4n) is 7.64. The Morgan fingerprint density at radius 3 is 2.31 bits per heavy atom. The van der Waals surface area contributed by atoms with Crippen LogP contribution in [0, 0.1) is 17.3 Å². The van der Waals surface area contributed by atoms with Crippen LogP contribution in [0.3, 0.4) is 0 Å². The number of carbonyl (C=O) groups excluding carboxylic acids is 2. The van der Waals surface area contributed by atoms with E-state index >= 15 is 0 Å². The lowest BCUT2D eigenvalue weighted by molar-refractivity contribution is -0.196. The summed E-state index contributed by atoms with van der Waals surface area (Å²) in [6, 6.07) is 3.04. The molecule has 8 nitrogen and oxygen atoms in total. The monoisotopic (exact) mass is 574 g/mol. The molecule has 12 heteroatoms. The second-order valence-corrected chi connectivity index (χ2v) is 13.8. The van der Waals surface area contributed by atoms with Crippen LogP contribution in [-0.2, 0) is 30.6 Å². The second kappa shape index (κ2) is 9.64. The molecule has 6 rings (SSSR count). The van der Waals surface area contributed by atoms with E-state index in [1.807, 2.05) is 0 Å². The van der Waals surface area contributed by atoms with Crippen molar-refractivity contribution in [1.29, 1.82) is 0 Å². The Bertz CT molecular complexity index is 1240. The highest BCUT2D eigenvalue weighted by atomic mass is 32.2. The summed E-state index contributed by atoms with van der Waals surface area (Å²) in [5.41, 5.74) is -3.65. The summed E-state index contributed by atoms with van der Waals surface area (Å²) in [7, 11) is -4.29. The molecule has 1 N–H and O–H groups in total. The van der Waals surface area contributed by atoms with E-state index in [-0.39, 0.29) is 23.8 Å². The lowest BCUT2D eigenvalue weighted by Crippen LogP contribution is -2.60. The van der Waals surface area contributed by atoms with E-state index in [1.165, 1.54) is 0 Å². The van der Waals surface area contributed by atoms with Gasteiger partial charge in [0.2, 0.25) is 0 Å². The number of carbonyl (C=O) groups is 2. The standard InChI is InChI=1S/C27H33F3O8S/c1-24(6-2-3-7-24)37-21-11-19(4-5-20(21)27(28,29)30)22(31)38-26-14-17-10-18(15-26)13-25(12-17,16-26)23(32)36-8-9-39(33,34)35/h4-5,11,17-18H,2-3,6-10,12-16H2,1H3,(H,33,34,35). The minimum absolute atomic E-state index is 0.0554. The Labute approximate surface area is 225 Å². The molecule has 0 amide bonds. The predicted molar refractivity (Wildman–Crippen MR) is 132 cm³/mol. The summed E-state index contributed by atoms with van der Waals surface area (Å²) >= 11 is 0. The average molecular weight is 575 g/mol. The molecule has 0 aromatic heterocycles. The van der Waals surface area contributed by atoms with Gasteiger partial charge in [0.25, 0.3) is 10.1 Å². The lowest BCUT2D eigenvalue weighted by atomic mass is 9.48. The topological polar surface area (TPSA) is 116 Å². The quantitative estimate of drug-likeness (QED) is 0.327. The van der Waals surface area contributed by atoms with Crippen LogP contribution in [0.1, 0.15) is 87.1 Å². The molecule has 1 aromatic carbocycles. The minimum atomic E-state index is -4.66. The van der Waals surface area contributed by atoms with Crippen molar-refractivity contribution in [1.82, 2.24) is 0 Å². The molecule has 216 valence electrons. The van der Waals surface area contributed by atoms with Crippen LogP contribution in [-0.4, -0.2) is 48.5 Å². The van der Waals surface area contributed by atoms with Gasteiger partial charge in [-0.1, -0.05) is 0 Å². The van der Waals surface area contributed by atoms with Gasteiger partial charge in [-0.2, -0.15) is 21.6 Å². The van der Waals surface area contributed by atoms with Crippen LogP contribution in [0.2, 0.25) is 0 Å². The van der Waals surface area contributed by atoms with Crippen LogP contribution in [0.4, 0.5) is 13.2 Å². The number of esters is 2. The van der Waals surface area contributed by atoms with Gasteiger partial charge >= 0.3 is 18.1 Å². The van der Waals surface area contributed by atoms with Crippen LogP contribution in [0.15, 0.2) is 18.2 Å². The Kier molecular flexibility index (Phi) is 6.97. The third kappa shape index (κ3) is 5.91. The predicted octanol–water partition coefficient (Wildman–Crippen LogP) is 5.34. The van der Waals surface area contributed by atoms with Crippen molar-refractivity contribution >= 4 is 22.1 Å². The zero-order chi connectivity index (χ0) is 28.3. The molecule has 5 fully saturated rings. The molecule has 5 aliphatic carbocycles. The van der Waals surface area contributed by atoms with Gasteiger partial charge < -0.3 is 14.2 Å². The molecule has 0 heterocycles. The number of ether oxygens (including phenoxy) is 3. The normalized spacial score (nSPS) is 31.2. The third-order valence-electron chi connectivity index (χ3n) is 8.86. The van der Waals surface area contributed by atoms with E-state index in [0.29, 0.717) is 38.5 Å². The molecule has 0 radical (unpaired) electrons. The summed E-state index contributed by atoms with van der Waals surface area (Å²) in [4.78, 5) is 26.4. The zero-order valence-electron chi connectivity index (χ0n) is 21.7. The maximum atomic E-state index is 13.8. The molecule has 39 heavy (non-hydrogen) atoms. The highest BCUT2D eigenvalue weighted by Crippen LogP contribution is 2.63. The Balaban J connectivity index is 1.36. The second-order valence-electron chi connectivity index (χ2n) is 12.2. The van der Waals surface area contributed by atoms with Crippen molar-refractivity contribution < 1.29 is 49.9 Å². The fourth-order valence-corrected chi connectivity index (χ4v) is 7.94. The average Bonchev–Trinajstić information content (AvgIpc) is 3.22. The maximum Gasteiger partial charge on any atom is 0.419 e. The first-order valence-corrected chi connectivity index (χ1v) is 15.0. The smallest absolute Gasteiger partial charge is 0.419 e. The number of alkyl halides is 3. The van der Waals surface area contributed by atoms with Gasteiger partial charge in [0.15, 0.2) is 0 Å².